The lowest BCUT2D eigenvalue weighted by atomic mass is 10.0. The van der Waals surface area contributed by atoms with E-state index in [9.17, 15) is 24.0 Å². The summed E-state index contributed by atoms with van der Waals surface area (Å²) in [4.78, 5) is 61.9. The van der Waals surface area contributed by atoms with Crippen molar-refractivity contribution in [2.45, 2.75) is 76.6 Å². The molecule has 0 spiro atoms. The van der Waals surface area contributed by atoms with Crippen LogP contribution in [-0.4, -0.2) is 60.3 Å². The predicted molar refractivity (Wildman–Crippen MR) is 140 cm³/mol. The number of hydrogen-bond acceptors (Lipinski definition) is 7. The van der Waals surface area contributed by atoms with Gasteiger partial charge < -0.3 is 20.7 Å². The Hall–Kier alpha value is -2.88. The minimum Gasteiger partial charge on any atom is -0.469 e. The van der Waals surface area contributed by atoms with Gasteiger partial charge in [0.2, 0.25) is 17.7 Å². The fourth-order valence-electron chi connectivity index (χ4n) is 3.62. The minimum atomic E-state index is -0.870. The molecule has 0 saturated carbocycles. The third kappa shape index (κ3) is 12.2. The summed E-state index contributed by atoms with van der Waals surface area (Å²) in [5.41, 5.74) is 0.890. The lowest BCUT2D eigenvalue weighted by Gasteiger charge is -2.25. The second-order valence-electron chi connectivity index (χ2n) is 8.98. The maximum atomic E-state index is 13.2. The number of unbranched alkanes of at least 4 members (excludes halogenated alkanes) is 1. The first-order valence-corrected chi connectivity index (χ1v) is 13.1. The van der Waals surface area contributed by atoms with Gasteiger partial charge in [0.05, 0.1) is 12.4 Å². The van der Waals surface area contributed by atoms with Crippen molar-refractivity contribution in [2.75, 3.05) is 14.2 Å². The van der Waals surface area contributed by atoms with Crippen LogP contribution in [0.1, 0.15) is 58.4 Å². The first kappa shape index (κ1) is 31.2. The Bertz CT molecular complexity index is 878. The molecule has 3 atom stereocenters. The van der Waals surface area contributed by atoms with Gasteiger partial charge >= 0.3 is 5.97 Å². The van der Waals surface area contributed by atoms with Gasteiger partial charge in [0.15, 0.2) is 5.12 Å². The largest absolute Gasteiger partial charge is 0.469 e. The van der Waals surface area contributed by atoms with Crippen LogP contribution in [0, 0.1) is 5.92 Å². The number of esters is 1. The molecule has 0 aliphatic heterocycles. The van der Waals surface area contributed by atoms with Gasteiger partial charge in [-0.2, -0.15) is 0 Å². The number of carbonyl (C=O) groups excluding carboxylic acids is 5. The van der Waals surface area contributed by atoms with Gasteiger partial charge in [0, 0.05) is 26.8 Å². The van der Waals surface area contributed by atoms with Crippen molar-refractivity contribution in [2.24, 2.45) is 5.92 Å². The normalized spacial score (nSPS) is 13.3. The molecule has 1 aromatic carbocycles. The number of thioether (sulfide) groups is 1. The molecular formula is C26H39N3O6S. The van der Waals surface area contributed by atoms with Gasteiger partial charge in [-0.05, 0) is 30.7 Å². The molecule has 0 heterocycles. The lowest BCUT2D eigenvalue weighted by molar-refractivity contribution is -0.140. The summed E-state index contributed by atoms with van der Waals surface area (Å²) in [6.07, 6.45) is 2.34. The standard InChI is InChI=1S/C26H39N3O6S/c1-17(2)15-20(25(33)28-21(24(32)27-4)16-19-11-7-6-8-12-19)29-26(34)22(36-18(3)30)13-9-10-14-23(31)35-5/h6-8,11-12,17,20-22H,9-10,13-16H2,1-5H3,(H,27,32)(H,28,33)(H,29,34)/t20?,21-,22?/m0/s1. The summed E-state index contributed by atoms with van der Waals surface area (Å²) < 4.78 is 4.63. The molecule has 0 fully saturated rings. The van der Waals surface area contributed by atoms with Crippen LogP contribution in [0.15, 0.2) is 30.3 Å². The molecule has 200 valence electrons. The maximum Gasteiger partial charge on any atom is 0.305 e. The van der Waals surface area contributed by atoms with Crippen molar-refractivity contribution in [1.82, 2.24) is 16.0 Å². The Morgan fingerprint density at radius 2 is 1.56 bits per heavy atom. The molecule has 9 nitrogen and oxygen atoms in total. The van der Waals surface area contributed by atoms with Gasteiger partial charge in [0.1, 0.15) is 12.1 Å². The number of likely N-dealkylation sites (N-methyl/N-ethyl adjacent to an activating group) is 1. The maximum absolute atomic E-state index is 13.2. The van der Waals surface area contributed by atoms with Crippen LogP contribution in [0.25, 0.3) is 0 Å². The Morgan fingerprint density at radius 1 is 0.917 bits per heavy atom. The molecule has 1 rings (SSSR count). The second-order valence-corrected chi connectivity index (χ2v) is 10.4. The van der Waals surface area contributed by atoms with Gasteiger partial charge in [-0.15, -0.1) is 0 Å². The van der Waals surface area contributed by atoms with Crippen molar-refractivity contribution in [3.8, 4) is 0 Å². The van der Waals surface area contributed by atoms with Crippen LogP contribution in [0.4, 0.5) is 0 Å². The fraction of sp³-hybridized carbons (Fsp3) is 0.577. The molecule has 36 heavy (non-hydrogen) atoms. The molecule has 0 aromatic heterocycles. The zero-order chi connectivity index (χ0) is 27.1. The molecule has 3 amide bonds. The summed E-state index contributed by atoms with van der Waals surface area (Å²) >= 11 is 0.906. The molecule has 0 aliphatic carbocycles. The van der Waals surface area contributed by atoms with E-state index in [1.807, 2.05) is 44.2 Å². The molecule has 1 aromatic rings. The monoisotopic (exact) mass is 521 g/mol. The van der Waals surface area contributed by atoms with E-state index in [1.54, 1.807) is 0 Å². The highest BCUT2D eigenvalue weighted by atomic mass is 32.2. The van der Waals surface area contributed by atoms with Gasteiger partial charge in [-0.3, -0.25) is 24.0 Å². The Balaban J connectivity index is 2.93. The zero-order valence-electron chi connectivity index (χ0n) is 21.8. The number of nitrogens with one attached hydrogen (secondary N) is 3. The Morgan fingerprint density at radius 3 is 2.11 bits per heavy atom. The number of rotatable bonds is 15. The van der Waals surface area contributed by atoms with E-state index in [1.165, 1.54) is 21.1 Å². The Labute approximate surface area is 217 Å². The van der Waals surface area contributed by atoms with Crippen molar-refractivity contribution >= 4 is 40.6 Å². The molecule has 0 aliphatic rings. The highest BCUT2D eigenvalue weighted by Gasteiger charge is 2.30. The summed E-state index contributed by atoms with van der Waals surface area (Å²) in [5.74, 6) is -1.46. The van der Waals surface area contributed by atoms with Gasteiger partial charge in [-0.25, -0.2) is 0 Å². The number of amides is 3. The third-order valence-corrected chi connectivity index (χ3v) is 6.49. The first-order chi connectivity index (χ1) is 17.1. The van der Waals surface area contributed by atoms with Crippen molar-refractivity contribution < 1.29 is 28.7 Å². The van der Waals surface area contributed by atoms with E-state index in [2.05, 4.69) is 20.7 Å². The highest BCUT2D eigenvalue weighted by Crippen LogP contribution is 2.20. The molecule has 10 heteroatoms. The van der Waals surface area contributed by atoms with E-state index in [0.717, 1.165) is 17.3 Å². The summed E-state index contributed by atoms with van der Waals surface area (Å²) in [5, 5.41) is 7.25. The summed E-state index contributed by atoms with van der Waals surface area (Å²) in [6.45, 7) is 5.25. The number of carbonyl (C=O) groups is 5. The van der Waals surface area contributed by atoms with E-state index >= 15 is 0 Å². The van der Waals surface area contributed by atoms with Crippen LogP contribution in [0.5, 0.6) is 0 Å². The number of methoxy groups -OCH3 is 1. The van der Waals surface area contributed by atoms with Crippen LogP contribution >= 0.6 is 11.8 Å². The first-order valence-electron chi connectivity index (χ1n) is 12.2. The van der Waals surface area contributed by atoms with Crippen LogP contribution in [0.2, 0.25) is 0 Å². The van der Waals surface area contributed by atoms with E-state index in [-0.39, 0.29) is 29.3 Å². The van der Waals surface area contributed by atoms with E-state index < -0.39 is 29.1 Å². The molecule has 0 saturated heterocycles. The van der Waals surface area contributed by atoms with E-state index in [4.69, 9.17) is 0 Å². The number of benzene rings is 1. The second kappa shape index (κ2) is 16.7. The van der Waals surface area contributed by atoms with Gasteiger partial charge in [-0.1, -0.05) is 62.4 Å². The lowest BCUT2D eigenvalue weighted by Crippen LogP contribution is -2.55. The van der Waals surface area contributed by atoms with Crippen LogP contribution in [0.3, 0.4) is 0 Å². The predicted octanol–water partition coefficient (Wildman–Crippen LogP) is 2.37. The Kier molecular flexibility index (Phi) is 14.5. The molecule has 0 radical (unpaired) electrons. The summed E-state index contributed by atoms with van der Waals surface area (Å²) in [7, 11) is 2.82. The van der Waals surface area contributed by atoms with Crippen LogP contribution < -0.4 is 16.0 Å². The molecular weight excluding hydrogens is 482 g/mol. The van der Waals surface area contributed by atoms with E-state index in [0.29, 0.717) is 32.1 Å². The smallest absolute Gasteiger partial charge is 0.305 e. The SMILES string of the molecule is CNC(=O)[C@H](Cc1ccccc1)NC(=O)C(CC(C)C)NC(=O)C(CCCCC(=O)OC)SC(C)=O. The van der Waals surface area contributed by atoms with Crippen molar-refractivity contribution in [3.05, 3.63) is 35.9 Å². The van der Waals surface area contributed by atoms with Crippen molar-refractivity contribution in [3.63, 3.8) is 0 Å². The van der Waals surface area contributed by atoms with Gasteiger partial charge in [0.25, 0.3) is 0 Å². The topological polar surface area (TPSA) is 131 Å². The average molecular weight is 522 g/mol. The quantitative estimate of drug-likeness (QED) is 0.239. The number of hydrogen-bond donors (Lipinski definition) is 3. The molecule has 3 N–H and O–H groups in total. The third-order valence-electron chi connectivity index (χ3n) is 5.43. The summed E-state index contributed by atoms with van der Waals surface area (Å²) in [6, 6.07) is 7.66. The van der Waals surface area contributed by atoms with Crippen molar-refractivity contribution in [1.29, 1.82) is 0 Å². The zero-order valence-corrected chi connectivity index (χ0v) is 22.6. The minimum absolute atomic E-state index is 0.0904. The van der Waals surface area contributed by atoms with Crippen LogP contribution in [-0.2, 0) is 35.1 Å². The average Bonchev–Trinajstić information content (AvgIpc) is 2.84. The fourth-order valence-corrected chi connectivity index (χ4v) is 4.48. The molecule has 0 bridgehead atoms. The highest BCUT2D eigenvalue weighted by molar-refractivity contribution is 8.14. The molecule has 2 unspecified atom stereocenters. The number of ether oxygens (including phenoxy) is 1.